The van der Waals surface area contributed by atoms with Crippen LogP contribution in [0.25, 0.3) is 5.57 Å². The quantitative estimate of drug-likeness (QED) is 0.632. The van der Waals surface area contributed by atoms with Crippen LogP contribution in [0.3, 0.4) is 0 Å². The third-order valence-corrected chi connectivity index (χ3v) is 6.97. The molecule has 31 heavy (non-hydrogen) atoms. The number of hydrogen-bond acceptors (Lipinski definition) is 4. The first kappa shape index (κ1) is 21.9. The molecule has 0 bridgehead atoms. The molecule has 2 aliphatic heterocycles. The summed E-state index contributed by atoms with van der Waals surface area (Å²) in [7, 11) is 0. The molecule has 2 aromatic carbocycles. The van der Waals surface area contributed by atoms with Crippen LogP contribution in [-0.4, -0.2) is 54.3 Å². The van der Waals surface area contributed by atoms with E-state index in [9.17, 15) is 9.59 Å². The second-order valence-corrected chi connectivity index (χ2v) is 8.75. The minimum Gasteiger partial charge on any atom is -0.364 e. The van der Waals surface area contributed by atoms with E-state index in [0.29, 0.717) is 35.1 Å². The van der Waals surface area contributed by atoms with Crippen molar-refractivity contribution >= 4 is 46.3 Å². The molecule has 0 saturated carbocycles. The molecular weight excluding hydrogens is 433 g/mol. The van der Waals surface area contributed by atoms with E-state index in [1.807, 2.05) is 36.9 Å². The number of piperazine rings is 1. The summed E-state index contributed by atoms with van der Waals surface area (Å²) in [4.78, 5) is 32.9. The maximum Gasteiger partial charge on any atom is 0.282 e. The molecule has 0 aromatic heterocycles. The number of carbonyl (C=O) groups excluding carboxylic acids is 2. The molecule has 7 heteroatoms. The van der Waals surface area contributed by atoms with Gasteiger partial charge in [0.25, 0.3) is 11.8 Å². The van der Waals surface area contributed by atoms with Crippen LogP contribution in [0.15, 0.2) is 42.1 Å². The number of likely N-dealkylation sites (N-methyl/N-ethyl adjacent to an activating group) is 1. The fraction of sp³-hybridized carbons (Fsp3) is 0.333. The lowest BCUT2D eigenvalue weighted by molar-refractivity contribution is -0.120. The molecule has 5 nitrogen and oxygen atoms in total. The van der Waals surface area contributed by atoms with Crippen molar-refractivity contribution in [3.63, 3.8) is 0 Å². The maximum atomic E-state index is 13.7. The Morgan fingerprint density at radius 3 is 2.26 bits per heavy atom. The first-order valence-electron chi connectivity index (χ1n) is 10.5. The van der Waals surface area contributed by atoms with Gasteiger partial charge in [0, 0.05) is 26.2 Å². The van der Waals surface area contributed by atoms with E-state index >= 15 is 0 Å². The van der Waals surface area contributed by atoms with Crippen LogP contribution in [0.5, 0.6) is 0 Å². The van der Waals surface area contributed by atoms with Gasteiger partial charge in [0.1, 0.15) is 5.70 Å². The van der Waals surface area contributed by atoms with E-state index < -0.39 is 0 Å². The highest BCUT2D eigenvalue weighted by atomic mass is 35.5. The van der Waals surface area contributed by atoms with E-state index in [2.05, 4.69) is 11.8 Å². The van der Waals surface area contributed by atoms with Crippen molar-refractivity contribution in [2.45, 2.75) is 20.8 Å². The first-order valence-corrected chi connectivity index (χ1v) is 11.2. The van der Waals surface area contributed by atoms with Crippen molar-refractivity contribution in [1.29, 1.82) is 0 Å². The van der Waals surface area contributed by atoms with Crippen molar-refractivity contribution in [1.82, 2.24) is 9.80 Å². The average molecular weight is 458 g/mol. The molecule has 162 valence electrons. The lowest BCUT2D eigenvalue weighted by Gasteiger charge is -2.36. The minimum atomic E-state index is -0.370. The summed E-state index contributed by atoms with van der Waals surface area (Å²) >= 11 is 12.6. The molecular formula is C24H25Cl2N3O2. The number of rotatable bonds is 4. The summed E-state index contributed by atoms with van der Waals surface area (Å²) in [5, 5.41) is 0.500. The van der Waals surface area contributed by atoms with Gasteiger partial charge in [0.2, 0.25) is 0 Å². The van der Waals surface area contributed by atoms with Gasteiger partial charge in [-0.1, -0.05) is 54.4 Å². The predicted octanol–water partition coefficient (Wildman–Crippen LogP) is 4.53. The molecule has 2 aromatic rings. The average Bonchev–Trinajstić information content (AvgIpc) is 3.02. The Morgan fingerprint density at radius 2 is 1.61 bits per heavy atom. The third-order valence-electron chi connectivity index (χ3n) is 6.16. The van der Waals surface area contributed by atoms with Crippen LogP contribution < -0.4 is 4.90 Å². The van der Waals surface area contributed by atoms with Crippen LogP contribution in [0.1, 0.15) is 23.6 Å². The van der Waals surface area contributed by atoms with Gasteiger partial charge in [-0.05, 0) is 49.2 Å². The molecule has 0 spiro atoms. The van der Waals surface area contributed by atoms with Crippen LogP contribution in [-0.2, 0) is 9.59 Å². The predicted molar refractivity (Wildman–Crippen MR) is 125 cm³/mol. The summed E-state index contributed by atoms with van der Waals surface area (Å²) in [6.07, 6.45) is 0. The normalized spacial score (nSPS) is 17.8. The number of aryl methyl sites for hydroxylation is 2. The Hall–Kier alpha value is -2.34. The van der Waals surface area contributed by atoms with Gasteiger partial charge >= 0.3 is 0 Å². The minimum absolute atomic E-state index is 0.197. The zero-order valence-electron chi connectivity index (χ0n) is 17.9. The van der Waals surface area contributed by atoms with Crippen molar-refractivity contribution in [2.75, 3.05) is 37.6 Å². The summed E-state index contributed by atoms with van der Waals surface area (Å²) < 4.78 is 0. The molecule has 4 rings (SSSR count). The maximum absolute atomic E-state index is 13.7. The van der Waals surface area contributed by atoms with Crippen molar-refractivity contribution in [3.8, 4) is 0 Å². The second kappa shape index (κ2) is 8.65. The monoisotopic (exact) mass is 457 g/mol. The summed E-state index contributed by atoms with van der Waals surface area (Å²) in [5.41, 5.74) is 4.13. The summed E-state index contributed by atoms with van der Waals surface area (Å²) in [6.45, 7) is 10.2. The number of benzene rings is 2. The molecule has 0 aliphatic carbocycles. The molecule has 2 aliphatic rings. The van der Waals surface area contributed by atoms with Crippen LogP contribution in [0.2, 0.25) is 10.0 Å². The Bertz CT molecular complexity index is 1090. The zero-order valence-corrected chi connectivity index (χ0v) is 19.4. The molecule has 0 unspecified atom stereocenters. The molecule has 0 radical (unpaired) electrons. The van der Waals surface area contributed by atoms with E-state index in [1.165, 1.54) is 4.90 Å². The van der Waals surface area contributed by atoms with Gasteiger partial charge in [0.15, 0.2) is 0 Å². The highest BCUT2D eigenvalue weighted by molar-refractivity contribution is 6.49. The zero-order chi connectivity index (χ0) is 22.3. The second-order valence-electron chi connectivity index (χ2n) is 7.96. The van der Waals surface area contributed by atoms with Crippen LogP contribution in [0, 0.1) is 13.8 Å². The Balaban J connectivity index is 1.83. The van der Waals surface area contributed by atoms with E-state index in [-0.39, 0.29) is 16.8 Å². The fourth-order valence-electron chi connectivity index (χ4n) is 4.14. The number of anilines is 1. The molecule has 2 heterocycles. The molecule has 0 atom stereocenters. The Kier molecular flexibility index (Phi) is 6.11. The van der Waals surface area contributed by atoms with Crippen molar-refractivity contribution in [2.24, 2.45) is 0 Å². The smallest absolute Gasteiger partial charge is 0.282 e. The lowest BCUT2D eigenvalue weighted by atomic mass is 9.99. The van der Waals surface area contributed by atoms with Gasteiger partial charge in [-0.2, -0.15) is 0 Å². The first-order chi connectivity index (χ1) is 14.8. The summed E-state index contributed by atoms with van der Waals surface area (Å²) in [6, 6.07) is 10.9. The van der Waals surface area contributed by atoms with Gasteiger partial charge in [-0.25, -0.2) is 4.90 Å². The summed E-state index contributed by atoms with van der Waals surface area (Å²) in [5.74, 6) is -0.724. The molecule has 1 fully saturated rings. The molecule has 2 amide bonds. The number of halogens is 2. The number of imide groups is 1. The number of nitrogens with zero attached hydrogens (tertiary/aromatic N) is 3. The van der Waals surface area contributed by atoms with Crippen LogP contribution >= 0.6 is 23.2 Å². The molecule has 1 saturated heterocycles. The van der Waals surface area contributed by atoms with Crippen molar-refractivity contribution < 1.29 is 9.59 Å². The number of amides is 2. The highest BCUT2D eigenvalue weighted by Gasteiger charge is 2.43. The van der Waals surface area contributed by atoms with Gasteiger partial charge in [-0.3, -0.25) is 9.59 Å². The third kappa shape index (κ3) is 3.86. The van der Waals surface area contributed by atoms with Crippen molar-refractivity contribution in [3.05, 3.63) is 68.8 Å². The topological polar surface area (TPSA) is 43.9 Å². The largest absolute Gasteiger partial charge is 0.364 e. The van der Waals surface area contributed by atoms with E-state index in [1.54, 1.807) is 18.2 Å². The molecule has 0 N–H and O–H groups in total. The Labute approximate surface area is 192 Å². The van der Waals surface area contributed by atoms with Crippen LogP contribution in [0.4, 0.5) is 5.69 Å². The standard InChI is InChI=1S/C24H25Cl2N3O2/c1-4-27-10-12-28(13-11-27)22-20(17-9-8-15(2)16(3)14-17)23(30)29(24(22)31)19-7-5-6-18(25)21(19)26/h5-9,14H,4,10-13H2,1-3H3. The highest BCUT2D eigenvalue weighted by Crippen LogP contribution is 2.40. The lowest BCUT2D eigenvalue weighted by Crippen LogP contribution is -2.47. The van der Waals surface area contributed by atoms with Gasteiger partial charge < -0.3 is 9.80 Å². The van der Waals surface area contributed by atoms with Gasteiger partial charge in [0.05, 0.1) is 21.3 Å². The van der Waals surface area contributed by atoms with E-state index in [4.69, 9.17) is 23.2 Å². The van der Waals surface area contributed by atoms with E-state index in [0.717, 1.165) is 36.3 Å². The number of carbonyl (C=O) groups is 2. The SMILES string of the molecule is CCN1CCN(C2=C(c3ccc(C)c(C)c3)C(=O)N(c3cccc(Cl)c3Cl)C2=O)CC1. The fourth-order valence-corrected chi connectivity index (χ4v) is 4.52. The van der Waals surface area contributed by atoms with Gasteiger partial charge in [-0.15, -0.1) is 0 Å². The Morgan fingerprint density at radius 1 is 0.903 bits per heavy atom. The number of hydrogen-bond donors (Lipinski definition) is 0.